The quantitative estimate of drug-likeness (QED) is 0.179. The second-order valence-corrected chi connectivity index (χ2v) is 11.7. The normalized spacial score (nSPS) is 21.6. The molecule has 0 radical (unpaired) electrons. The van der Waals surface area contributed by atoms with Crippen molar-refractivity contribution in [3.05, 3.63) is 69.8 Å². The van der Waals surface area contributed by atoms with Crippen LogP contribution in [-0.4, -0.2) is 59.7 Å². The van der Waals surface area contributed by atoms with Gasteiger partial charge >= 0.3 is 0 Å². The van der Waals surface area contributed by atoms with Gasteiger partial charge in [-0.2, -0.15) is 5.26 Å². The summed E-state index contributed by atoms with van der Waals surface area (Å²) in [5.74, 6) is -0.396. The summed E-state index contributed by atoms with van der Waals surface area (Å²) in [7, 11) is 0. The first-order chi connectivity index (χ1) is 19.6. The van der Waals surface area contributed by atoms with Gasteiger partial charge in [0.05, 0.1) is 18.0 Å². The molecule has 1 unspecified atom stereocenters. The Kier molecular flexibility index (Phi) is 7.58. The summed E-state index contributed by atoms with van der Waals surface area (Å²) in [5.41, 5.74) is 14.6. The van der Waals surface area contributed by atoms with Crippen LogP contribution in [0.15, 0.2) is 36.4 Å². The zero-order valence-electron chi connectivity index (χ0n) is 23.5. The van der Waals surface area contributed by atoms with Gasteiger partial charge in [-0.25, -0.2) is 0 Å². The number of nitrogens with one attached hydrogen (secondary N) is 3. The zero-order chi connectivity index (χ0) is 29.5. The van der Waals surface area contributed by atoms with Crippen LogP contribution in [0.2, 0.25) is 0 Å². The van der Waals surface area contributed by atoms with Gasteiger partial charge in [-0.15, -0.1) is 0 Å². The Bertz CT molecular complexity index is 1390. The third-order valence-electron chi connectivity index (χ3n) is 8.72. The van der Waals surface area contributed by atoms with Gasteiger partial charge in [-0.3, -0.25) is 19.8 Å². The van der Waals surface area contributed by atoms with E-state index in [-0.39, 0.29) is 36.4 Å². The molecule has 2 aromatic carbocycles. The molecule has 7 N–H and O–H groups in total. The number of nitrogens with zero attached hydrogens (tertiary/aromatic N) is 2. The van der Waals surface area contributed by atoms with Gasteiger partial charge in [0.1, 0.15) is 11.9 Å². The number of carbonyl (C=O) groups excluding carboxylic acids is 3. The highest BCUT2D eigenvalue weighted by Crippen LogP contribution is 2.47. The maximum Gasteiger partial charge on any atom is 0.248 e. The van der Waals surface area contributed by atoms with Crippen LogP contribution in [-0.2, 0) is 23.1 Å². The van der Waals surface area contributed by atoms with E-state index in [2.05, 4.69) is 16.7 Å². The maximum absolute atomic E-state index is 13.1. The predicted molar refractivity (Wildman–Crippen MR) is 154 cm³/mol. The largest absolute Gasteiger partial charge is 0.371 e. The summed E-state index contributed by atoms with van der Waals surface area (Å²) in [6.07, 6.45) is 3.32. The summed E-state index contributed by atoms with van der Waals surface area (Å²) in [4.78, 5) is 38.9. The number of nitrogens with two attached hydrogens (primary N) is 2. The fourth-order valence-electron chi connectivity index (χ4n) is 6.72. The van der Waals surface area contributed by atoms with E-state index >= 15 is 0 Å². The highest BCUT2D eigenvalue weighted by molar-refractivity contribution is 5.98. The first kappa shape index (κ1) is 28.3. The van der Waals surface area contributed by atoms with E-state index < -0.39 is 17.2 Å². The van der Waals surface area contributed by atoms with Gasteiger partial charge in [0.2, 0.25) is 17.7 Å². The van der Waals surface area contributed by atoms with E-state index in [0.29, 0.717) is 42.9 Å². The topological polar surface area (TPSA) is 178 Å². The number of benzene rings is 2. The zero-order valence-corrected chi connectivity index (χ0v) is 23.5. The SMILES string of the molecule is CC(C)NC(=N)C1(CCNCC(=O)N2C(C#N)C[C@@H]3C[C@@H]32)c2ccc(C(N)=O)cc2CCc2cc(C(N)=O)ccc21. The predicted octanol–water partition coefficient (Wildman–Crippen LogP) is 1.74. The van der Waals surface area contributed by atoms with Crippen molar-refractivity contribution in [3.63, 3.8) is 0 Å². The summed E-state index contributed by atoms with van der Waals surface area (Å²) >= 11 is 0. The average molecular weight is 556 g/mol. The lowest BCUT2D eigenvalue weighted by Crippen LogP contribution is -2.50. The molecule has 0 spiro atoms. The van der Waals surface area contributed by atoms with Gasteiger partial charge < -0.3 is 27.0 Å². The number of aryl methyl sites for hydroxylation is 2. The molecular formula is C31H37N7O3. The molecule has 0 bridgehead atoms. The molecule has 10 heteroatoms. The number of nitriles is 1. The molecule has 3 amide bonds. The third kappa shape index (κ3) is 5.18. The molecule has 1 heterocycles. The Hall–Kier alpha value is -4.23. The van der Waals surface area contributed by atoms with Crippen molar-refractivity contribution in [1.29, 1.82) is 10.7 Å². The minimum absolute atomic E-state index is 0.0246. The minimum Gasteiger partial charge on any atom is -0.371 e. The second kappa shape index (κ2) is 11.0. The lowest BCUT2D eigenvalue weighted by atomic mass is 9.68. The minimum atomic E-state index is -0.960. The molecule has 1 aliphatic heterocycles. The monoisotopic (exact) mass is 555 g/mol. The third-order valence-corrected chi connectivity index (χ3v) is 8.72. The highest BCUT2D eigenvalue weighted by Gasteiger charge is 2.54. The molecule has 1 saturated carbocycles. The van der Waals surface area contributed by atoms with Gasteiger partial charge in [-0.1, -0.05) is 12.1 Å². The van der Waals surface area contributed by atoms with Crippen molar-refractivity contribution >= 4 is 23.6 Å². The standard InChI is InChI=1S/C31H37N7O3/c1-17(2)37-30(35)31(9-10-36-16-27(39)38-23(15-32)13-22-14-26(22)38)24-7-5-20(28(33)40)11-18(24)3-4-19-12-21(29(34)41)6-8-25(19)31/h5-8,11-12,17,22-23,26,36H,3-4,9-10,13-14,16H2,1-2H3,(H2,33,40)(H2,34,41)(H2,35,37)/t22-,23?,26+/m1/s1. The smallest absolute Gasteiger partial charge is 0.248 e. The van der Waals surface area contributed by atoms with E-state index in [1.54, 1.807) is 29.2 Å². The van der Waals surface area contributed by atoms with Crippen molar-refractivity contribution in [3.8, 4) is 6.07 Å². The lowest BCUT2D eigenvalue weighted by molar-refractivity contribution is -0.131. The lowest BCUT2D eigenvalue weighted by Gasteiger charge is -2.38. The first-order valence-corrected chi connectivity index (χ1v) is 14.2. The summed E-state index contributed by atoms with van der Waals surface area (Å²) in [6, 6.07) is 12.8. The number of primary amides is 2. The number of fused-ring (bicyclic) bond motifs is 3. The van der Waals surface area contributed by atoms with Crippen molar-refractivity contribution in [2.24, 2.45) is 17.4 Å². The molecule has 2 aromatic rings. The molecule has 2 aliphatic carbocycles. The molecule has 0 aromatic heterocycles. The highest BCUT2D eigenvalue weighted by atomic mass is 16.2. The van der Waals surface area contributed by atoms with Crippen LogP contribution in [0.5, 0.6) is 0 Å². The van der Waals surface area contributed by atoms with Crippen LogP contribution in [0.25, 0.3) is 0 Å². The molecule has 1 saturated heterocycles. The fourth-order valence-corrected chi connectivity index (χ4v) is 6.72. The number of hydrogen-bond acceptors (Lipinski definition) is 6. The van der Waals surface area contributed by atoms with Crippen molar-refractivity contribution in [2.45, 2.75) is 69.5 Å². The number of amides is 3. The molecule has 5 rings (SSSR count). The first-order valence-electron chi connectivity index (χ1n) is 14.2. The molecule has 3 atom stereocenters. The van der Waals surface area contributed by atoms with Crippen LogP contribution in [0.3, 0.4) is 0 Å². The molecular weight excluding hydrogens is 518 g/mol. The Morgan fingerprint density at radius 1 is 1.05 bits per heavy atom. The van der Waals surface area contributed by atoms with Crippen molar-refractivity contribution in [1.82, 2.24) is 15.5 Å². The van der Waals surface area contributed by atoms with Crippen LogP contribution >= 0.6 is 0 Å². The van der Waals surface area contributed by atoms with E-state index in [1.165, 1.54) is 0 Å². The summed E-state index contributed by atoms with van der Waals surface area (Å²) < 4.78 is 0. The molecule has 10 nitrogen and oxygen atoms in total. The van der Waals surface area contributed by atoms with E-state index in [0.717, 1.165) is 35.1 Å². The molecule has 41 heavy (non-hydrogen) atoms. The van der Waals surface area contributed by atoms with Crippen LogP contribution in [0, 0.1) is 22.7 Å². The summed E-state index contributed by atoms with van der Waals surface area (Å²) in [5, 5.41) is 25.5. The fraction of sp³-hybridized carbons (Fsp3) is 0.452. The van der Waals surface area contributed by atoms with Gasteiger partial charge in [0.15, 0.2) is 0 Å². The number of rotatable bonds is 9. The second-order valence-electron chi connectivity index (χ2n) is 11.7. The number of carbonyl (C=O) groups is 3. The van der Waals surface area contributed by atoms with Crippen molar-refractivity contribution in [2.75, 3.05) is 13.1 Å². The van der Waals surface area contributed by atoms with E-state index in [4.69, 9.17) is 11.5 Å². The van der Waals surface area contributed by atoms with Crippen LogP contribution < -0.4 is 22.1 Å². The molecule has 3 aliphatic rings. The van der Waals surface area contributed by atoms with Gasteiger partial charge in [-0.05, 0) is 105 Å². The Balaban J connectivity index is 1.52. The van der Waals surface area contributed by atoms with E-state index in [1.807, 2.05) is 26.0 Å². The van der Waals surface area contributed by atoms with Gasteiger partial charge in [0, 0.05) is 23.2 Å². The Labute approximate surface area is 240 Å². The Morgan fingerprint density at radius 3 is 2.15 bits per heavy atom. The molecule has 214 valence electrons. The van der Waals surface area contributed by atoms with Gasteiger partial charge in [0.25, 0.3) is 0 Å². The average Bonchev–Trinajstić information content (AvgIpc) is 3.63. The summed E-state index contributed by atoms with van der Waals surface area (Å²) in [6.45, 7) is 4.44. The number of amidine groups is 1. The Morgan fingerprint density at radius 2 is 1.63 bits per heavy atom. The molecule has 2 fully saturated rings. The maximum atomic E-state index is 13.1. The number of piperidine rings is 1. The number of hydrogen-bond donors (Lipinski definition) is 5. The van der Waals surface area contributed by atoms with E-state index in [9.17, 15) is 25.1 Å². The van der Waals surface area contributed by atoms with Crippen LogP contribution in [0.4, 0.5) is 0 Å². The van der Waals surface area contributed by atoms with Crippen LogP contribution in [0.1, 0.15) is 76.1 Å². The van der Waals surface area contributed by atoms with Crippen molar-refractivity contribution < 1.29 is 14.4 Å². The number of likely N-dealkylation sites (tertiary alicyclic amines) is 1.